The van der Waals surface area contributed by atoms with Gasteiger partial charge in [-0.05, 0) is 55.2 Å². The number of methoxy groups -OCH3 is 2. The number of benzene rings is 1. The minimum atomic E-state index is -0.827. The molecular weight excluding hydrogens is 322 g/mol. The molecule has 6 heteroatoms. The molecule has 0 aliphatic heterocycles. The van der Waals surface area contributed by atoms with Gasteiger partial charge in [0.15, 0.2) is 11.5 Å². The Labute approximate surface area is 147 Å². The summed E-state index contributed by atoms with van der Waals surface area (Å²) in [5, 5.41) is 12.4. The van der Waals surface area contributed by atoms with Crippen molar-refractivity contribution in [1.82, 2.24) is 5.32 Å². The molecule has 2 fully saturated rings. The van der Waals surface area contributed by atoms with Gasteiger partial charge in [-0.25, -0.2) is 0 Å². The van der Waals surface area contributed by atoms with Gasteiger partial charge in [-0.1, -0.05) is 6.07 Å². The molecule has 0 saturated heterocycles. The first-order valence-corrected chi connectivity index (χ1v) is 8.76. The van der Waals surface area contributed by atoms with Crippen molar-refractivity contribution in [3.8, 4) is 11.5 Å². The van der Waals surface area contributed by atoms with Crippen LogP contribution in [0.25, 0.3) is 0 Å². The van der Waals surface area contributed by atoms with Crippen LogP contribution >= 0.6 is 0 Å². The first-order chi connectivity index (χ1) is 12.0. The second-order valence-corrected chi connectivity index (χ2v) is 6.95. The van der Waals surface area contributed by atoms with Gasteiger partial charge in [-0.2, -0.15) is 0 Å². The number of hydrogen-bond donors (Lipinski definition) is 2. The van der Waals surface area contributed by atoms with Gasteiger partial charge >= 0.3 is 5.97 Å². The zero-order valence-corrected chi connectivity index (χ0v) is 14.7. The molecule has 1 amide bonds. The summed E-state index contributed by atoms with van der Waals surface area (Å²) in [6, 6.07) is 5.67. The van der Waals surface area contributed by atoms with E-state index in [9.17, 15) is 14.7 Å². The van der Waals surface area contributed by atoms with Crippen molar-refractivity contribution in [2.45, 2.75) is 25.7 Å². The molecule has 2 N–H and O–H groups in total. The molecule has 6 nitrogen and oxygen atoms in total. The third kappa shape index (κ3) is 3.43. The molecule has 25 heavy (non-hydrogen) atoms. The fourth-order valence-electron chi connectivity index (χ4n) is 4.51. The number of amides is 1. The van der Waals surface area contributed by atoms with E-state index in [1.54, 1.807) is 14.2 Å². The molecule has 0 unspecified atom stereocenters. The molecular formula is C19H25NO5. The number of carbonyl (C=O) groups excluding carboxylic acids is 1. The van der Waals surface area contributed by atoms with Crippen LogP contribution in [-0.4, -0.2) is 37.7 Å². The Hall–Kier alpha value is -2.24. The number of hydrogen-bond acceptors (Lipinski definition) is 4. The number of carboxylic acid groups (broad SMARTS) is 1. The van der Waals surface area contributed by atoms with Crippen LogP contribution in [0.15, 0.2) is 18.2 Å². The predicted octanol–water partition coefficient (Wildman–Crippen LogP) is 2.11. The van der Waals surface area contributed by atoms with E-state index in [2.05, 4.69) is 5.32 Å². The first kappa shape index (κ1) is 17.6. The molecule has 136 valence electrons. The summed E-state index contributed by atoms with van der Waals surface area (Å²) >= 11 is 0. The lowest BCUT2D eigenvalue weighted by molar-refractivity contribution is -0.149. The van der Waals surface area contributed by atoms with Crippen molar-refractivity contribution in [2.75, 3.05) is 20.8 Å². The Morgan fingerprint density at radius 2 is 1.80 bits per heavy atom. The molecule has 0 spiro atoms. The number of nitrogens with one attached hydrogen (secondary N) is 1. The zero-order chi connectivity index (χ0) is 18.0. The molecule has 0 heterocycles. The second kappa shape index (κ2) is 7.33. The molecule has 2 aliphatic rings. The topological polar surface area (TPSA) is 84.9 Å². The minimum absolute atomic E-state index is 0.111. The van der Waals surface area contributed by atoms with Gasteiger partial charge in [0.05, 0.1) is 26.1 Å². The maximum atomic E-state index is 12.5. The number of rotatable bonds is 7. The molecule has 0 radical (unpaired) electrons. The SMILES string of the molecule is COc1ccc(CCNC(=O)[C@@H]2[C@@H]3CC[C@@H](C3)[C@@H]2C(=O)O)cc1OC. The summed E-state index contributed by atoms with van der Waals surface area (Å²) in [5.74, 6) is -0.1000. The predicted molar refractivity (Wildman–Crippen MR) is 91.7 cm³/mol. The highest BCUT2D eigenvalue weighted by Crippen LogP contribution is 2.52. The number of aliphatic carboxylic acids is 1. The van der Waals surface area contributed by atoms with Gasteiger partial charge in [0.2, 0.25) is 5.91 Å². The summed E-state index contributed by atoms with van der Waals surface area (Å²) in [4.78, 5) is 24.1. The zero-order valence-electron chi connectivity index (χ0n) is 14.7. The van der Waals surface area contributed by atoms with Crippen LogP contribution in [0.2, 0.25) is 0 Å². The lowest BCUT2D eigenvalue weighted by Crippen LogP contribution is -2.41. The fraction of sp³-hybridized carbons (Fsp3) is 0.579. The largest absolute Gasteiger partial charge is 0.493 e. The van der Waals surface area contributed by atoms with Gasteiger partial charge in [0.25, 0.3) is 0 Å². The summed E-state index contributed by atoms with van der Waals surface area (Å²) in [6.45, 7) is 0.481. The monoisotopic (exact) mass is 347 g/mol. The molecule has 2 saturated carbocycles. The Kier molecular flexibility index (Phi) is 5.16. The van der Waals surface area contributed by atoms with E-state index >= 15 is 0 Å². The Bertz CT molecular complexity index is 659. The van der Waals surface area contributed by atoms with Gasteiger partial charge in [-0.15, -0.1) is 0 Å². The van der Waals surface area contributed by atoms with Crippen LogP contribution < -0.4 is 14.8 Å². The molecule has 0 aromatic heterocycles. The van der Waals surface area contributed by atoms with Crippen molar-refractivity contribution in [2.24, 2.45) is 23.7 Å². The van der Waals surface area contributed by atoms with E-state index < -0.39 is 11.9 Å². The number of ether oxygens (including phenoxy) is 2. The van der Waals surface area contributed by atoms with E-state index in [1.165, 1.54) is 0 Å². The van der Waals surface area contributed by atoms with Crippen molar-refractivity contribution in [3.05, 3.63) is 23.8 Å². The number of carboxylic acids is 1. The maximum Gasteiger partial charge on any atom is 0.307 e. The molecule has 1 aromatic carbocycles. The van der Waals surface area contributed by atoms with Crippen molar-refractivity contribution in [1.29, 1.82) is 0 Å². The lowest BCUT2D eigenvalue weighted by Gasteiger charge is -2.27. The van der Waals surface area contributed by atoms with Gasteiger partial charge in [0.1, 0.15) is 0 Å². The molecule has 2 bridgehead atoms. The normalized spacial score (nSPS) is 27.1. The van der Waals surface area contributed by atoms with E-state index in [-0.39, 0.29) is 23.7 Å². The average Bonchev–Trinajstić information content (AvgIpc) is 3.22. The first-order valence-electron chi connectivity index (χ1n) is 8.76. The van der Waals surface area contributed by atoms with Gasteiger partial charge < -0.3 is 19.9 Å². The number of carbonyl (C=O) groups is 2. The Balaban J connectivity index is 1.57. The van der Waals surface area contributed by atoms with Gasteiger partial charge in [0, 0.05) is 6.54 Å². The van der Waals surface area contributed by atoms with Gasteiger partial charge in [-0.3, -0.25) is 9.59 Å². The van der Waals surface area contributed by atoms with Crippen LogP contribution in [-0.2, 0) is 16.0 Å². The highest BCUT2D eigenvalue weighted by Gasteiger charge is 2.53. The third-order valence-corrected chi connectivity index (χ3v) is 5.67. The average molecular weight is 347 g/mol. The second-order valence-electron chi connectivity index (χ2n) is 6.95. The van der Waals surface area contributed by atoms with Crippen LogP contribution in [0.5, 0.6) is 11.5 Å². The van der Waals surface area contributed by atoms with E-state index in [4.69, 9.17) is 9.47 Å². The highest BCUT2D eigenvalue weighted by molar-refractivity contribution is 5.86. The Morgan fingerprint density at radius 1 is 1.12 bits per heavy atom. The summed E-state index contributed by atoms with van der Waals surface area (Å²) < 4.78 is 10.5. The number of fused-ring (bicyclic) bond motifs is 2. The van der Waals surface area contributed by atoms with Crippen LogP contribution in [0.1, 0.15) is 24.8 Å². The van der Waals surface area contributed by atoms with Crippen molar-refractivity contribution < 1.29 is 24.2 Å². The molecule has 4 atom stereocenters. The minimum Gasteiger partial charge on any atom is -0.493 e. The smallest absolute Gasteiger partial charge is 0.307 e. The fourth-order valence-corrected chi connectivity index (χ4v) is 4.51. The molecule has 3 rings (SSSR count). The highest BCUT2D eigenvalue weighted by atomic mass is 16.5. The summed E-state index contributed by atoms with van der Waals surface area (Å²) in [5.41, 5.74) is 1.03. The molecule has 1 aromatic rings. The quantitative estimate of drug-likeness (QED) is 0.789. The maximum absolute atomic E-state index is 12.5. The Morgan fingerprint density at radius 3 is 2.44 bits per heavy atom. The van der Waals surface area contributed by atoms with Crippen LogP contribution in [0.3, 0.4) is 0 Å². The third-order valence-electron chi connectivity index (χ3n) is 5.67. The van der Waals surface area contributed by atoms with Crippen LogP contribution in [0, 0.1) is 23.7 Å². The molecule has 2 aliphatic carbocycles. The van der Waals surface area contributed by atoms with Crippen molar-refractivity contribution >= 4 is 11.9 Å². The van der Waals surface area contributed by atoms with Crippen molar-refractivity contribution in [3.63, 3.8) is 0 Å². The summed E-state index contributed by atoms with van der Waals surface area (Å²) in [6.07, 6.45) is 3.45. The van der Waals surface area contributed by atoms with Crippen LogP contribution in [0.4, 0.5) is 0 Å². The standard InChI is InChI=1S/C19H25NO5/c1-24-14-6-3-11(9-15(14)25-2)7-8-20-18(21)16-12-4-5-13(10-12)17(16)19(22)23/h3,6,9,12-13,16-17H,4-5,7-8,10H2,1-2H3,(H,20,21)(H,22,23)/t12-,13+,16-,17+/m1/s1. The van der Waals surface area contributed by atoms with E-state index in [0.29, 0.717) is 24.5 Å². The summed E-state index contributed by atoms with van der Waals surface area (Å²) in [7, 11) is 3.18. The van der Waals surface area contributed by atoms with E-state index in [1.807, 2.05) is 18.2 Å². The lowest BCUT2D eigenvalue weighted by atomic mass is 9.78. The van der Waals surface area contributed by atoms with E-state index in [0.717, 1.165) is 24.8 Å².